The first-order chi connectivity index (χ1) is 24.5. The fraction of sp³-hybridized carbons (Fsp3) is 0.932. The number of amides is 1. The lowest BCUT2D eigenvalue weighted by molar-refractivity contribution is -0.132. The smallest absolute Gasteiger partial charge is 0.249 e. The molecule has 6 nitrogen and oxygen atoms in total. The van der Waals surface area contributed by atoms with Gasteiger partial charge in [-0.25, -0.2) is 0 Å². The average Bonchev–Trinajstić information content (AvgIpc) is 3.12. The molecule has 0 aromatic heterocycles. The Morgan fingerprint density at radius 2 is 0.800 bits per heavy atom. The number of aliphatic hydroxyl groups excluding tert-OH is 4. The van der Waals surface area contributed by atoms with E-state index in [4.69, 9.17) is 0 Å². The Labute approximate surface area is 311 Å². The number of carbonyl (C=O) groups excluding carboxylic acids is 1. The van der Waals surface area contributed by atoms with Crippen molar-refractivity contribution in [3.63, 3.8) is 0 Å². The van der Waals surface area contributed by atoms with Crippen molar-refractivity contribution in [2.24, 2.45) is 0 Å². The van der Waals surface area contributed by atoms with Crippen LogP contribution in [0, 0.1) is 0 Å². The summed E-state index contributed by atoms with van der Waals surface area (Å²) in [5.74, 6) is -0.591. The van der Waals surface area contributed by atoms with E-state index in [0.717, 1.165) is 51.4 Å². The third-order valence-corrected chi connectivity index (χ3v) is 10.5. The van der Waals surface area contributed by atoms with E-state index >= 15 is 0 Å². The highest BCUT2D eigenvalue weighted by atomic mass is 16.3. The molecular weight excluding hydrogens is 622 g/mol. The Morgan fingerprint density at radius 1 is 0.480 bits per heavy atom. The summed E-state index contributed by atoms with van der Waals surface area (Å²) >= 11 is 0. The van der Waals surface area contributed by atoms with E-state index in [1.54, 1.807) is 0 Å². The van der Waals surface area contributed by atoms with Crippen molar-refractivity contribution in [2.75, 3.05) is 6.61 Å². The molecule has 0 aromatic carbocycles. The van der Waals surface area contributed by atoms with Gasteiger partial charge in [0, 0.05) is 0 Å². The quantitative estimate of drug-likeness (QED) is 0.0321. The van der Waals surface area contributed by atoms with Crippen molar-refractivity contribution in [1.29, 1.82) is 0 Å². The molecule has 0 saturated carbocycles. The monoisotopic (exact) mass is 710 g/mol. The maximum absolute atomic E-state index is 12.5. The molecular formula is C44H87NO5. The average molecular weight is 710 g/mol. The van der Waals surface area contributed by atoms with Gasteiger partial charge in [0.25, 0.3) is 0 Å². The molecule has 5 N–H and O–H groups in total. The summed E-state index contributed by atoms with van der Waals surface area (Å²) in [6, 6.07) is -0.986. The number of hydrogen-bond acceptors (Lipinski definition) is 5. The predicted molar refractivity (Wildman–Crippen MR) is 215 cm³/mol. The molecule has 0 aliphatic carbocycles. The molecule has 298 valence electrons. The van der Waals surface area contributed by atoms with Crippen LogP contribution in [0.3, 0.4) is 0 Å². The van der Waals surface area contributed by atoms with E-state index in [2.05, 4.69) is 31.3 Å². The van der Waals surface area contributed by atoms with Crippen LogP contribution in [0.1, 0.15) is 232 Å². The van der Waals surface area contributed by atoms with Gasteiger partial charge in [-0.05, 0) is 38.5 Å². The summed E-state index contributed by atoms with van der Waals surface area (Å²) in [4.78, 5) is 12.5. The minimum atomic E-state index is -1.26. The molecule has 0 spiro atoms. The zero-order chi connectivity index (χ0) is 36.8. The largest absolute Gasteiger partial charge is 0.394 e. The van der Waals surface area contributed by atoms with Gasteiger partial charge >= 0.3 is 0 Å². The van der Waals surface area contributed by atoms with Crippen LogP contribution >= 0.6 is 0 Å². The van der Waals surface area contributed by atoms with E-state index in [9.17, 15) is 25.2 Å². The number of hydrogen-bond donors (Lipinski definition) is 5. The van der Waals surface area contributed by atoms with Crippen molar-refractivity contribution < 1.29 is 25.2 Å². The van der Waals surface area contributed by atoms with Crippen LogP contribution in [0.5, 0.6) is 0 Å². The molecule has 0 saturated heterocycles. The Balaban J connectivity index is 3.73. The summed E-state index contributed by atoms with van der Waals surface area (Å²) in [6.45, 7) is 4.05. The second-order valence-electron chi connectivity index (χ2n) is 15.4. The minimum Gasteiger partial charge on any atom is -0.394 e. The molecule has 0 aliphatic heterocycles. The Morgan fingerprint density at radius 3 is 1.16 bits per heavy atom. The summed E-state index contributed by atoms with van der Waals surface area (Å²) in [5, 5.41) is 43.7. The summed E-state index contributed by atoms with van der Waals surface area (Å²) in [5.41, 5.74) is 0. The molecule has 50 heavy (non-hydrogen) atoms. The Kier molecular flexibility index (Phi) is 38.5. The van der Waals surface area contributed by atoms with Crippen LogP contribution in [-0.4, -0.2) is 57.3 Å². The van der Waals surface area contributed by atoms with Gasteiger partial charge in [0.2, 0.25) is 5.91 Å². The van der Waals surface area contributed by atoms with Gasteiger partial charge in [0.1, 0.15) is 12.2 Å². The molecule has 0 fully saturated rings. The lowest BCUT2D eigenvalue weighted by Gasteiger charge is -2.27. The predicted octanol–water partition coefficient (Wildman–Crippen LogP) is 11.4. The standard InChI is InChI=1S/C44H87NO5/c1-3-5-7-9-11-13-15-17-19-20-21-22-24-25-27-29-31-33-35-37-41(47)43(49)40(39-46)45-44(50)42(48)38-36-34-32-30-28-26-23-18-16-14-12-10-8-6-4-2/h23,26,40-43,46-49H,3-22,24-25,27-39H2,1-2H3,(H,45,50)/b26-23-. The number of rotatable bonds is 40. The zero-order valence-corrected chi connectivity index (χ0v) is 33.4. The molecule has 1 amide bonds. The number of carbonyl (C=O) groups is 1. The SMILES string of the molecule is CCCCCCCCC/C=C\CCCCCCC(O)C(=O)NC(CO)C(O)C(O)CCCCCCCCCCCCCCCCCCCCC. The van der Waals surface area contributed by atoms with Crippen LogP contribution in [0.2, 0.25) is 0 Å². The van der Waals surface area contributed by atoms with Crippen LogP contribution in [0.4, 0.5) is 0 Å². The normalized spacial score (nSPS) is 14.3. The third kappa shape index (κ3) is 32.9. The highest BCUT2D eigenvalue weighted by Crippen LogP contribution is 2.17. The van der Waals surface area contributed by atoms with Crippen LogP contribution < -0.4 is 5.32 Å². The molecule has 0 aliphatic rings. The van der Waals surface area contributed by atoms with Gasteiger partial charge < -0.3 is 25.7 Å². The Hall–Kier alpha value is -0.950. The van der Waals surface area contributed by atoms with Crippen molar-refractivity contribution in [3.8, 4) is 0 Å². The highest BCUT2D eigenvalue weighted by molar-refractivity contribution is 5.80. The fourth-order valence-electron chi connectivity index (χ4n) is 6.93. The lowest BCUT2D eigenvalue weighted by Crippen LogP contribution is -2.53. The second kappa shape index (κ2) is 39.3. The summed E-state index contributed by atoms with van der Waals surface area (Å²) in [6.07, 6.45) is 42.4. The van der Waals surface area contributed by atoms with E-state index in [1.165, 1.54) is 154 Å². The molecule has 0 aromatic rings. The van der Waals surface area contributed by atoms with Crippen molar-refractivity contribution >= 4 is 5.91 Å². The van der Waals surface area contributed by atoms with Gasteiger partial charge in [0.05, 0.1) is 18.8 Å². The van der Waals surface area contributed by atoms with Crippen molar-refractivity contribution in [1.82, 2.24) is 5.32 Å². The first kappa shape index (κ1) is 49.0. The van der Waals surface area contributed by atoms with Crippen molar-refractivity contribution in [2.45, 2.75) is 257 Å². The number of unbranched alkanes of at least 4 members (excludes halogenated alkanes) is 29. The third-order valence-electron chi connectivity index (χ3n) is 10.5. The van der Waals surface area contributed by atoms with Crippen LogP contribution in [0.25, 0.3) is 0 Å². The highest BCUT2D eigenvalue weighted by Gasteiger charge is 2.28. The number of allylic oxidation sites excluding steroid dienone is 2. The van der Waals surface area contributed by atoms with E-state index in [1.807, 2.05) is 0 Å². The molecule has 0 radical (unpaired) electrons. The first-order valence-electron chi connectivity index (χ1n) is 22.1. The fourth-order valence-corrected chi connectivity index (χ4v) is 6.93. The van der Waals surface area contributed by atoms with Crippen molar-refractivity contribution in [3.05, 3.63) is 12.2 Å². The molecule has 0 heterocycles. The summed E-state index contributed by atoms with van der Waals surface area (Å²) in [7, 11) is 0. The topological polar surface area (TPSA) is 110 Å². The minimum absolute atomic E-state index is 0.357. The maximum Gasteiger partial charge on any atom is 0.249 e. The molecule has 6 heteroatoms. The van der Waals surface area contributed by atoms with Gasteiger partial charge in [-0.1, -0.05) is 206 Å². The molecule has 4 unspecified atom stereocenters. The van der Waals surface area contributed by atoms with E-state index < -0.39 is 36.9 Å². The maximum atomic E-state index is 12.5. The molecule has 0 rings (SSSR count). The summed E-state index contributed by atoms with van der Waals surface area (Å²) < 4.78 is 0. The van der Waals surface area contributed by atoms with Crippen LogP contribution in [-0.2, 0) is 4.79 Å². The number of nitrogens with one attached hydrogen (secondary N) is 1. The Bertz CT molecular complexity index is 717. The van der Waals surface area contributed by atoms with Gasteiger partial charge in [0.15, 0.2) is 0 Å². The van der Waals surface area contributed by atoms with Gasteiger partial charge in [-0.2, -0.15) is 0 Å². The van der Waals surface area contributed by atoms with E-state index in [0.29, 0.717) is 12.8 Å². The zero-order valence-electron chi connectivity index (χ0n) is 33.4. The molecule has 4 atom stereocenters. The number of aliphatic hydroxyl groups is 4. The second-order valence-corrected chi connectivity index (χ2v) is 15.4. The van der Waals surface area contributed by atoms with E-state index in [-0.39, 0.29) is 0 Å². The first-order valence-corrected chi connectivity index (χ1v) is 22.1. The van der Waals surface area contributed by atoms with Crippen LogP contribution in [0.15, 0.2) is 12.2 Å². The lowest BCUT2D eigenvalue weighted by atomic mass is 9.99. The van der Waals surface area contributed by atoms with Gasteiger partial charge in [-0.3, -0.25) is 4.79 Å². The molecule has 0 bridgehead atoms. The van der Waals surface area contributed by atoms with Gasteiger partial charge in [-0.15, -0.1) is 0 Å².